The lowest BCUT2D eigenvalue weighted by Gasteiger charge is -2.11. The molecule has 0 amide bonds. The number of hydrogen-bond acceptors (Lipinski definition) is 5. The summed E-state index contributed by atoms with van der Waals surface area (Å²) in [5, 5.41) is 0. The highest BCUT2D eigenvalue weighted by atomic mass is 16.5. The van der Waals surface area contributed by atoms with Crippen molar-refractivity contribution < 1.29 is 14.2 Å². The Morgan fingerprint density at radius 2 is 2.00 bits per heavy atom. The molecule has 19 heavy (non-hydrogen) atoms. The number of nitrogens with two attached hydrogens (primary N) is 1. The quantitative estimate of drug-likeness (QED) is 0.648. The molecule has 0 aliphatic carbocycles. The highest BCUT2D eigenvalue weighted by molar-refractivity contribution is 5.29. The van der Waals surface area contributed by atoms with Gasteiger partial charge >= 0.3 is 0 Å². The van der Waals surface area contributed by atoms with Crippen molar-refractivity contribution in [3.8, 4) is 5.75 Å². The van der Waals surface area contributed by atoms with Crippen LogP contribution in [0, 0.1) is 6.92 Å². The average Bonchev–Trinajstić information content (AvgIpc) is 2.40. The number of pyridine rings is 1. The molecule has 0 aliphatic rings. The maximum absolute atomic E-state index is 5.68. The molecule has 0 saturated carbocycles. The molecule has 1 aromatic heterocycles. The second-order valence-electron chi connectivity index (χ2n) is 4.24. The van der Waals surface area contributed by atoms with E-state index in [0.29, 0.717) is 26.4 Å². The Labute approximate surface area is 115 Å². The predicted octanol–water partition coefficient (Wildman–Crippen LogP) is 1.32. The monoisotopic (exact) mass is 268 g/mol. The largest absolute Gasteiger partial charge is 0.489 e. The Hall–Kier alpha value is -1.17. The Balaban J connectivity index is 2.28. The Kier molecular flexibility index (Phi) is 8.13. The van der Waals surface area contributed by atoms with Gasteiger partial charge in [0.05, 0.1) is 12.3 Å². The smallest absolute Gasteiger partial charge is 0.140 e. The van der Waals surface area contributed by atoms with Crippen molar-refractivity contribution in [2.24, 2.45) is 5.73 Å². The highest BCUT2D eigenvalue weighted by Gasteiger charge is 2.05. The van der Waals surface area contributed by atoms with Crippen LogP contribution in [0.1, 0.15) is 17.8 Å². The van der Waals surface area contributed by atoms with Crippen LogP contribution in [-0.2, 0) is 15.9 Å². The summed E-state index contributed by atoms with van der Waals surface area (Å²) >= 11 is 0. The summed E-state index contributed by atoms with van der Waals surface area (Å²) in [5.41, 5.74) is 7.47. The van der Waals surface area contributed by atoms with Gasteiger partial charge in [0.1, 0.15) is 12.4 Å². The zero-order valence-electron chi connectivity index (χ0n) is 11.9. The minimum Gasteiger partial charge on any atom is -0.489 e. The van der Waals surface area contributed by atoms with E-state index < -0.39 is 0 Å². The molecule has 1 heterocycles. The van der Waals surface area contributed by atoms with Gasteiger partial charge in [-0.15, -0.1) is 0 Å². The van der Waals surface area contributed by atoms with E-state index in [9.17, 15) is 0 Å². The van der Waals surface area contributed by atoms with Crippen LogP contribution in [0.4, 0.5) is 0 Å². The standard InChI is InChI=1S/C14H24N2O3/c1-12-4-5-14(13(16-12)6-7-15)19-11-10-18-9-3-8-17-2/h4-5H,3,6-11,15H2,1-2H3. The SMILES string of the molecule is COCCCOCCOc1ccc(C)nc1CCN. The molecular weight excluding hydrogens is 244 g/mol. The average molecular weight is 268 g/mol. The number of hydrogen-bond donors (Lipinski definition) is 1. The molecule has 0 aromatic carbocycles. The van der Waals surface area contributed by atoms with Crippen molar-refractivity contribution in [1.29, 1.82) is 0 Å². The van der Waals surface area contributed by atoms with Gasteiger partial charge in [-0.25, -0.2) is 0 Å². The van der Waals surface area contributed by atoms with Crippen molar-refractivity contribution in [3.05, 3.63) is 23.5 Å². The molecule has 0 aliphatic heterocycles. The summed E-state index contributed by atoms with van der Waals surface area (Å²) in [5.74, 6) is 0.802. The lowest BCUT2D eigenvalue weighted by Crippen LogP contribution is -2.12. The van der Waals surface area contributed by atoms with Gasteiger partial charge in [0.2, 0.25) is 0 Å². The van der Waals surface area contributed by atoms with Crippen LogP contribution in [0.5, 0.6) is 5.75 Å². The third-order valence-electron chi connectivity index (χ3n) is 2.58. The van der Waals surface area contributed by atoms with Crippen LogP contribution >= 0.6 is 0 Å². The normalized spacial score (nSPS) is 10.7. The molecule has 0 bridgehead atoms. The first-order valence-electron chi connectivity index (χ1n) is 6.64. The van der Waals surface area contributed by atoms with Crippen molar-refractivity contribution in [2.75, 3.05) is 40.1 Å². The molecule has 5 nitrogen and oxygen atoms in total. The van der Waals surface area contributed by atoms with Gasteiger partial charge in [-0.1, -0.05) is 0 Å². The number of nitrogens with zero attached hydrogens (tertiary/aromatic N) is 1. The Morgan fingerprint density at radius 1 is 1.16 bits per heavy atom. The van der Waals surface area contributed by atoms with Gasteiger partial charge in [-0.2, -0.15) is 0 Å². The molecule has 5 heteroatoms. The van der Waals surface area contributed by atoms with Crippen molar-refractivity contribution in [2.45, 2.75) is 19.8 Å². The van der Waals surface area contributed by atoms with Crippen LogP contribution in [0.2, 0.25) is 0 Å². The highest BCUT2D eigenvalue weighted by Crippen LogP contribution is 2.17. The fourth-order valence-electron chi connectivity index (χ4n) is 1.66. The van der Waals surface area contributed by atoms with E-state index >= 15 is 0 Å². The third kappa shape index (κ3) is 6.52. The number of aryl methyl sites for hydroxylation is 1. The molecule has 2 N–H and O–H groups in total. The van der Waals surface area contributed by atoms with Gasteiger partial charge in [-0.3, -0.25) is 4.98 Å². The summed E-state index contributed by atoms with van der Waals surface area (Å²) in [4.78, 5) is 4.44. The molecule has 0 fully saturated rings. The zero-order chi connectivity index (χ0) is 13.9. The second kappa shape index (κ2) is 9.72. The Bertz CT molecular complexity index is 359. The molecule has 0 saturated heterocycles. The van der Waals surface area contributed by atoms with E-state index in [1.807, 2.05) is 19.1 Å². The fraction of sp³-hybridized carbons (Fsp3) is 0.643. The predicted molar refractivity (Wildman–Crippen MR) is 74.5 cm³/mol. The summed E-state index contributed by atoms with van der Waals surface area (Å²) in [6.07, 6.45) is 1.63. The van der Waals surface area contributed by atoms with Crippen molar-refractivity contribution in [3.63, 3.8) is 0 Å². The van der Waals surface area contributed by atoms with Gasteiger partial charge in [0.25, 0.3) is 0 Å². The number of ether oxygens (including phenoxy) is 3. The summed E-state index contributed by atoms with van der Waals surface area (Å²) < 4.78 is 16.0. The van der Waals surface area contributed by atoms with Gasteiger partial charge in [0.15, 0.2) is 0 Å². The molecule has 0 spiro atoms. The third-order valence-corrected chi connectivity index (χ3v) is 2.58. The summed E-state index contributed by atoms with van der Waals surface area (Å²) in [7, 11) is 1.69. The second-order valence-corrected chi connectivity index (χ2v) is 4.24. The van der Waals surface area contributed by atoms with Crippen molar-refractivity contribution in [1.82, 2.24) is 4.98 Å². The maximum atomic E-state index is 5.68. The minimum absolute atomic E-state index is 0.523. The van der Waals surface area contributed by atoms with Crippen LogP contribution in [0.15, 0.2) is 12.1 Å². The van der Waals surface area contributed by atoms with Crippen LogP contribution < -0.4 is 10.5 Å². The van der Waals surface area contributed by atoms with Crippen LogP contribution in [-0.4, -0.2) is 45.1 Å². The molecule has 1 aromatic rings. The van der Waals surface area contributed by atoms with E-state index in [2.05, 4.69) is 4.98 Å². The lowest BCUT2D eigenvalue weighted by atomic mass is 10.2. The van der Waals surface area contributed by atoms with Gasteiger partial charge in [0, 0.05) is 32.4 Å². The first kappa shape index (κ1) is 15.9. The first-order valence-corrected chi connectivity index (χ1v) is 6.64. The molecule has 0 radical (unpaired) electrons. The molecule has 108 valence electrons. The molecular formula is C14H24N2O3. The van der Waals surface area contributed by atoms with Crippen molar-refractivity contribution >= 4 is 0 Å². The van der Waals surface area contributed by atoms with E-state index in [-0.39, 0.29) is 0 Å². The Morgan fingerprint density at radius 3 is 2.74 bits per heavy atom. The van der Waals surface area contributed by atoms with E-state index in [1.165, 1.54) is 0 Å². The maximum Gasteiger partial charge on any atom is 0.140 e. The van der Waals surface area contributed by atoms with Crippen LogP contribution in [0.3, 0.4) is 0 Å². The topological polar surface area (TPSA) is 66.6 Å². The van der Waals surface area contributed by atoms with Gasteiger partial charge < -0.3 is 19.9 Å². The van der Waals surface area contributed by atoms with Gasteiger partial charge in [-0.05, 0) is 32.0 Å². The number of rotatable bonds is 10. The first-order chi connectivity index (χ1) is 9.27. The van der Waals surface area contributed by atoms with Crippen LogP contribution in [0.25, 0.3) is 0 Å². The summed E-state index contributed by atoms with van der Waals surface area (Å²) in [6, 6.07) is 3.88. The molecule has 1 rings (SSSR count). The van der Waals surface area contributed by atoms with E-state index in [1.54, 1.807) is 7.11 Å². The number of methoxy groups -OCH3 is 1. The molecule has 0 unspecified atom stereocenters. The molecule has 0 atom stereocenters. The zero-order valence-corrected chi connectivity index (χ0v) is 11.9. The fourth-order valence-corrected chi connectivity index (χ4v) is 1.66. The van der Waals surface area contributed by atoms with E-state index in [0.717, 1.165) is 36.6 Å². The minimum atomic E-state index is 0.523. The lowest BCUT2D eigenvalue weighted by molar-refractivity contribution is 0.0803. The number of aromatic nitrogens is 1. The summed E-state index contributed by atoms with van der Waals surface area (Å²) in [6.45, 7) is 5.04. The van der Waals surface area contributed by atoms with E-state index in [4.69, 9.17) is 19.9 Å².